The Hall–Kier alpha value is -1.84. The van der Waals surface area contributed by atoms with Gasteiger partial charge in [0.15, 0.2) is 0 Å². The molecule has 1 aromatic carbocycles. The minimum atomic E-state index is -0.780. The molecule has 0 bridgehead atoms. The van der Waals surface area contributed by atoms with Gasteiger partial charge in [-0.3, -0.25) is 9.59 Å². The Labute approximate surface area is 125 Å². The molecule has 0 radical (unpaired) electrons. The molecule has 1 saturated heterocycles. The zero-order valence-corrected chi connectivity index (χ0v) is 12.8. The molecule has 4 heteroatoms. The quantitative estimate of drug-likeness (QED) is 0.927. The molecule has 1 aliphatic heterocycles. The summed E-state index contributed by atoms with van der Waals surface area (Å²) < 4.78 is 0. The molecule has 4 nitrogen and oxygen atoms in total. The van der Waals surface area contributed by atoms with Crippen LogP contribution in [-0.4, -0.2) is 35.0 Å². The molecule has 1 unspecified atom stereocenters. The predicted molar refractivity (Wildman–Crippen MR) is 81.1 cm³/mol. The molecular formula is C17H23NO3. The molecule has 1 N–H and O–H groups in total. The summed E-state index contributed by atoms with van der Waals surface area (Å²) in [6.45, 7) is 4.90. The Morgan fingerprint density at radius 3 is 2.76 bits per heavy atom. The van der Waals surface area contributed by atoms with Crippen molar-refractivity contribution < 1.29 is 14.7 Å². The van der Waals surface area contributed by atoms with Crippen molar-refractivity contribution in [3.8, 4) is 0 Å². The van der Waals surface area contributed by atoms with Gasteiger partial charge in [-0.15, -0.1) is 0 Å². The third-order valence-corrected chi connectivity index (χ3v) is 4.50. The van der Waals surface area contributed by atoms with Crippen LogP contribution in [0.25, 0.3) is 0 Å². The van der Waals surface area contributed by atoms with Gasteiger partial charge in [0.05, 0.1) is 11.8 Å². The molecule has 1 atom stereocenters. The first-order valence-electron chi connectivity index (χ1n) is 7.53. The van der Waals surface area contributed by atoms with Crippen molar-refractivity contribution in [2.24, 2.45) is 5.41 Å². The van der Waals surface area contributed by atoms with Crippen LogP contribution < -0.4 is 0 Å². The fourth-order valence-corrected chi connectivity index (χ4v) is 3.07. The van der Waals surface area contributed by atoms with Gasteiger partial charge in [-0.1, -0.05) is 36.8 Å². The number of amides is 1. The second-order valence-corrected chi connectivity index (χ2v) is 6.02. The van der Waals surface area contributed by atoms with Crippen molar-refractivity contribution >= 4 is 11.9 Å². The van der Waals surface area contributed by atoms with Crippen LogP contribution >= 0.6 is 0 Å². The van der Waals surface area contributed by atoms with Gasteiger partial charge in [0.1, 0.15) is 0 Å². The van der Waals surface area contributed by atoms with Gasteiger partial charge in [0.25, 0.3) is 0 Å². The van der Waals surface area contributed by atoms with Gasteiger partial charge < -0.3 is 10.0 Å². The number of rotatable bonds is 4. The topological polar surface area (TPSA) is 57.6 Å². The first-order chi connectivity index (χ1) is 9.97. The number of aryl methyl sites for hydroxylation is 1. The van der Waals surface area contributed by atoms with Crippen LogP contribution in [-0.2, 0) is 16.0 Å². The molecule has 0 spiro atoms. The molecule has 114 valence electrons. The van der Waals surface area contributed by atoms with Crippen molar-refractivity contribution in [2.45, 2.75) is 39.5 Å². The molecule has 0 aromatic heterocycles. The van der Waals surface area contributed by atoms with E-state index in [-0.39, 0.29) is 5.91 Å². The molecule has 1 amide bonds. The van der Waals surface area contributed by atoms with Crippen LogP contribution in [0, 0.1) is 12.3 Å². The third kappa shape index (κ3) is 3.43. The van der Waals surface area contributed by atoms with Crippen LogP contribution in [0.3, 0.4) is 0 Å². The number of hydrogen-bond donors (Lipinski definition) is 1. The molecule has 1 aliphatic rings. The lowest BCUT2D eigenvalue weighted by atomic mass is 9.77. The number of carboxylic acid groups (broad SMARTS) is 1. The molecular weight excluding hydrogens is 266 g/mol. The Bertz CT molecular complexity index is 541. The SMILES string of the molecule is CCC1(C(=O)O)CCCN(C(=O)Cc2cccc(C)c2)C1. The fraction of sp³-hybridized carbons (Fsp3) is 0.529. The highest BCUT2D eigenvalue weighted by molar-refractivity contribution is 5.81. The van der Waals surface area contributed by atoms with Crippen LogP contribution in [0.15, 0.2) is 24.3 Å². The number of aliphatic carboxylic acids is 1. The lowest BCUT2D eigenvalue weighted by molar-refractivity contribution is -0.155. The summed E-state index contributed by atoms with van der Waals surface area (Å²) in [7, 11) is 0. The van der Waals surface area contributed by atoms with Crippen molar-refractivity contribution in [3.63, 3.8) is 0 Å². The lowest BCUT2D eigenvalue weighted by Gasteiger charge is -2.39. The van der Waals surface area contributed by atoms with Crippen LogP contribution in [0.4, 0.5) is 0 Å². The summed E-state index contributed by atoms with van der Waals surface area (Å²) in [5, 5.41) is 9.48. The second-order valence-electron chi connectivity index (χ2n) is 6.02. The number of benzene rings is 1. The zero-order valence-electron chi connectivity index (χ0n) is 12.8. The summed E-state index contributed by atoms with van der Waals surface area (Å²) in [4.78, 5) is 25.7. The summed E-state index contributed by atoms with van der Waals surface area (Å²) in [5.74, 6) is -0.752. The summed E-state index contributed by atoms with van der Waals surface area (Å²) in [5.41, 5.74) is 1.36. The van der Waals surface area contributed by atoms with Crippen LogP contribution in [0.5, 0.6) is 0 Å². The standard InChI is InChI=1S/C17H23NO3/c1-3-17(16(20)21)8-5-9-18(12-17)15(19)11-14-7-4-6-13(2)10-14/h4,6-7,10H,3,5,8-9,11-12H2,1-2H3,(H,20,21). The zero-order chi connectivity index (χ0) is 15.5. The smallest absolute Gasteiger partial charge is 0.311 e. The van der Waals surface area contributed by atoms with E-state index >= 15 is 0 Å². The van der Waals surface area contributed by atoms with Crippen molar-refractivity contribution in [2.75, 3.05) is 13.1 Å². The highest BCUT2D eigenvalue weighted by Crippen LogP contribution is 2.33. The Morgan fingerprint density at radius 2 is 2.14 bits per heavy atom. The van der Waals surface area contributed by atoms with Crippen molar-refractivity contribution in [3.05, 3.63) is 35.4 Å². The number of likely N-dealkylation sites (tertiary alicyclic amines) is 1. The van der Waals surface area contributed by atoms with Crippen molar-refractivity contribution in [1.29, 1.82) is 0 Å². The number of carboxylic acids is 1. The maximum atomic E-state index is 12.4. The van der Waals surface area contributed by atoms with E-state index in [9.17, 15) is 14.7 Å². The van der Waals surface area contributed by atoms with Crippen LogP contribution in [0.1, 0.15) is 37.3 Å². The van der Waals surface area contributed by atoms with Gasteiger partial charge >= 0.3 is 5.97 Å². The average molecular weight is 289 g/mol. The predicted octanol–water partition coefficient (Wildman–Crippen LogP) is 2.64. The van der Waals surface area contributed by atoms with Crippen LogP contribution in [0.2, 0.25) is 0 Å². The lowest BCUT2D eigenvalue weighted by Crippen LogP contribution is -2.50. The number of nitrogens with zero attached hydrogens (tertiary/aromatic N) is 1. The van der Waals surface area contributed by atoms with Gasteiger partial charge in [-0.2, -0.15) is 0 Å². The van der Waals surface area contributed by atoms with E-state index < -0.39 is 11.4 Å². The summed E-state index contributed by atoms with van der Waals surface area (Å²) >= 11 is 0. The maximum absolute atomic E-state index is 12.4. The second kappa shape index (κ2) is 6.29. The maximum Gasteiger partial charge on any atom is 0.311 e. The molecule has 1 heterocycles. The summed E-state index contributed by atoms with van der Waals surface area (Å²) in [6.07, 6.45) is 2.34. The number of hydrogen-bond acceptors (Lipinski definition) is 2. The highest BCUT2D eigenvalue weighted by Gasteiger charge is 2.41. The van der Waals surface area contributed by atoms with Gasteiger partial charge in [-0.05, 0) is 31.7 Å². The molecule has 1 fully saturated rings. The number of piperidine rings is 1. The van der Waals surface area contributed by atoms with E-state index in [4.69, 9.17) is 0 Å². The Kier molecular flexibility index (Phi) is 4.66. The van der Waals surface area contributed by atoms with E-state index in [1.807, 2.05) is 38.1 Å². The molecule has 1 aromatic rings. The first-order valence-corrected chi connectivity index (χ1v) is 7.53. The van der Waals surface area contributed by atoms with Crippen molar-refractivity contribution in [1.82, 2.24) is 4.90 Å². The average Bonchev–Trinajstić information content (AvgIpc) is 2.47. The minimum absolute atomic E-state index is 0.0272. The minimum Gasteiger partial charge on any atom is -0.481 e. The Balaban J connectivity index is 2.07. The molecule has 0 aliphatic carbocycles. The molecule has 0 saturated carbocycles. The fourth-order valence-electron chi connectivity index (χ4n) is 3.07. The van der Waals surface area contributed by atoms with E-state index in [0.717, 1.165) is 17.5 Å². The molecule has 2 rings (SSSR count). The summed E-state index contributed by atoms with van der Waals surface area (Å²) in [6, 6.07) is 7.90. The number of carbonyl (C=O) groups is 2. The van der Waals surface area contributed by atoms with E-state index in [2.05, 4.69) is 0 Å². The first kappa shape index (κ1) is 15.5. The van der Waals surface area contributed by atoms with E-state index in [1.54, 1.807) is 4.90 Å². The third-order valence-electron chi connectivity index (χ3n) is 4.50. The largest absolute Gasteiger partial charge is 0.481 e. The van der Waals surface area contributed by atoms with Gasteiger partial charge in [0, 0.05) is 13.1 Å². The normalized spacial score (nSPS) is 22.1. The van der Waals surface area contributed by atoms with Gasteiger partial charge in [0.2, 0.25) is 5.91 Å². The monoisotopic (exact) mass is 289 g/mol. The highest BCUT2D eigenvalue weighted by atomic mass is 16.4. The molecule has 21 heavy (non-hydrogen) atoms. The van der Waals surface area contributed by atoms with E-state index in [1.165, 1.54) is 0 Å². The van der Waals surface area contributed by atoms with E-state index in [0.29, 0.717) is 32.4 Å². The van der Waals surface area contributed by atoms with Gasteiger partial charge in [-0.25, -0.2) is 0 Å². The Morgan fingerprint density at radius 1 is 1.38 bits per heavy atom. The number of carbonyl (C=O) groups excluding carboxylic acids is 1.